The van der Waals surface area contributed by atoms with E-state index in [1.54, 1.807) is 0 Å². The van der Waals surface area contributed by atoms with Gasteiger partial charge in [-0.3, -0.25) is 9.69 Å². The lowest BCUT2D eigenvalue weighted by molar-refractivity contribution is 0.0987. The van der Waals surface area contributed by atoms with Crippen molar-refractivity contribution in [1.29, 1.82) is 0 Å². The lowest BCUT2D eigenvalue weighted by Gasteiger charge is -2.21. The Hall–Kier alpha value is -1.92. The summed E-state index contributed by atoms with van der Waals surface area (Å²) in [5.74, 6) is -0.219. The van der Waals surface area contributed by atoms with E-state index >= 15 is 0 Å². The summed E-state index contributed by atoms with van der Waals surface area (Å²) in [6.45, 7) is 1.95. The maximum Gasteiger partial charge on any atom is 0.290 e. The Morgan fingerprint density at radius 3 is 2.87 bits per heavy atom. The Balaban J connectivity index is 1.56. The molecule has 7 heteroatoms. The lowest BCUT2D eigenvalue weighted by atomic mass is 10.1. The highest BCUT2D eigenvalue weighted by atomic mass is 35.5. The molecule has 0 radical (unpaired) electrons. The third-order valence-corrected chi connectivity index (χ3v) is 4.39. The molecule has 3 rings (SSSR count). The minimum absolute atomic E-state index is 0.0481. The molecule has 1 unspecified atom stereocenters. The van der Waals surface area contributed by atoms with E-state index in [0.29, 0.717) is 5.89 Å². The summed E-state index contributed by atoms with van der Waals surface area (Å²) < 4.78 is 5.20. The van der Waals surface area contributed by atoms with Gasteiger partial charge in [0.2, 0.25) is 5.89 Å². The van der Waals surface area contributed by atoms with Crippen molar-refractivity contribution in [3.8, 4) is 0 Å². The number of amides is 1. The number of aryl methyl sites for hydroxylation is 1. The number of carbonyl (C=O) groups excluding carboxylic acids is 1. The Labute approximate surface area is 139 Å². The zero-order chi connectivity index (χ0) is 16.2. The maximum atomic E-state index is 11.1. The fourth-order valence-corrected chi connectivity index (χ4v) is 3.11. The number of carbonyl (C=O) groups is 1. The van der Waals surface area contributed by atoms with Gasteiger partial charge < -0.3 is 10.3 Å². The van der Waals surface area contributed by atoms with E-state index in [2.05, 4.69) is 27.2 Å². The molecule has 1 amide bonds. The fourth-order valence-electron chi connectivity index (χ4n) is 2.98. The number of hydrogen-bond donors (Lipinski definition) is 1. The van der Waals surface area contributed by atoms with Crippen molar-refractivity contribution in [2.45, 2.75) is 31.7 Å². The number of nitrogens with zero attached hydrogens (tertiary/aromatic N) is 3. The van der Waals surface area contributed by atoms with Crippen LogP contribution in [0.2, 0.25) is 5.02 Å². The number of halogens is 1. The molecule has 2 aromatic rings. The molecule has 2 heterocycles. The molecule has 1 atom stereocenters. The number of hydrogen-bond acceptors (Lipinski definition) is 5. The number of primary amides is 1. The first-order valence-corrected chi connectivity index (χ1v) is 8.13. The summed E-state index contributed by atoms with van der Waals surface area (Å²) in [5.41, 5.74) is 6.45. The number of nitrogens with two attached hydrogens (primary N) is 1. The molecule has 6 nitrogen and oxygen atoms in total. The fraction of sp³-hybridized carbons (Fsp3) is 0.438. The largest absolute Gasteiger partial charge is 0.363 e. The van der Waals surface area contributed by atoms with E-state index in [1.807, 2.05) is 12.1 Å². The van der Waals surface area contributed by atoms with Crippen LogP contribution in [0.15, 0.2) is 28.8 Å². The van der Waals surface area contributed by atoms with Gasteiger partial charge in [-0.05, 0) is 56.5 Å². The molecule has 1 aliphatic rings. The van der Waals surface area contributed by atoms with Gasteiger partial charge in [0.1, 0.15) is 0 Å². The monoisotopic (exact) mass is 334 g/mol. The zero-order valence-corrected chi connectivity index (χ0v) is 13.5. The highest BCUT2D eigenvalue weighted by Gasteiger charge is 2.30. The van der Waals surface area contributed by atoms with E-state index in [4.69, 9.17) is 21.9 Å². The van der Waals surface area contributed by atoms with Crippen LogP contribution in [0, 0.1) is 0 Å². The van der Waals surface area contributed by atoms with Gasteiger partial charge in [-0.1, -0.05) is 28.9 Å². The van der Waals surface area contributed by atoms with Gasteiger partial charge >= 0.3 is 0 Å². The van der Waals surface area contributed by atoms with Crippen LogP contribution < -0.4 is 5.73 Å². The summed E-state index contributed by atoms with van der Waals surface area (Å²) in [4.78, 5) is 17.5. The molecule has 1 aliphatic heterocycles. The zero-order valence-electron chi connectivity index (χ0n) is 12.7. The van der Waals surface area contributed by atoms with Crippen molar-refractivity contribution in [3.05, 3.63) is 46.6 Å². The molecule has 0 aliphatic carbocycles. The number of likely N-dealkylation sites (tertiary alicyclic amines) is 1. The van der Waals surface area contributed by atoms with E-state index in [0.717, 1.165) is 43.8 Å². The van der Waals surface area contributed by atoms with Gasteiger partial charge in [0.25, 0.3) is 11.7 Å². The number of rotatable bonds is 6. The first kappa shape index (κ1) is 16.0. The van der Waals surface area contributed by atoms with Crippen LogP contribution in [0.25, 0.3) is 0 Å². The predicted octanol–water partition coefficient (Wildman–Crippen LogP) is 2.59. The van der Waals surface area contributed by atoms with E-state index in [-0.39, 0.29) is 11.9 Å². The summed E-state index contributed by atoms with van der Waals surface area (Å²) in [6.07, 6.45) is 4.08. The second kappa shape index (κ2) is 7.10. The van der Waals surface area contributed by atoms with Crippen LogP contribution in [0.4, 0.5) is 0 Å². The Bertz CT molecular complexity index is 671. The van der Waals surface area contributed by atoms with Crippen molar-refractivity contribution in [3.63, 3.8) is 0 Å². The normalized spacial score (nSPS) is 18.4. The van der Waals surface area contributed by atoms with Gasteiger partial charge in [-0.15, -0.1) is 0 Å². The minimum Gasteiger partial charge on any atom is -0.363 e. The van der Waals surface area contributed by atoms with Crippen LogP contribution in [0.3, 0.4) is 0 Å². The average Bonchev–Trinajstić information content (AvgIpc) is 3.17. The average molecular weight is 335 g/mol. The molecule has 0 bridgehead atoms. The molecule has 23 heavy (non-hydrogen) atoms. The standard InChI is InChI=1S/C16H19ClN4O2/c17-12-7-5-11(6-8-12)3-1-9-21-10-2-4-13(21)16-19-15(14(18)22)20-23-16/h5-8,13H,1-4,9-10H2,(H2,18,22). The lowest BCUT2D eigenvalue weighted by Crippen LogP contribution is -2.25. The predicted molar refractivity (Wildman–Crippen MR) is 86.1 cm³/mol. The second-order valence-corrected chi connectivity index (χ2v) is 6.18. The number of aromatic nitrogens is 2. The first-order valence-electron chi connectivity index (χ1n) is 7.75. The van der Waals surface area contributed by atoms with Gasteiger partial charge in [-0.25, -0.2) is 0 Å². The molecule has 1 fully saturated rings. The van der Waals surface area contributed by atoms with Crippen molar-refractivity contribution in [1.82, 2.24) is 15.0 Å². The van der Waals surface area contributed by atoms with Crippen LogP contribution in [0.1, 0.15) is 47.4 Å². The molecule has 0 saturated carbocycles. The van der Waals surface area contributed by atoms with Crippen LogP contribution in [0.5, 0.6) is 0 Å². The summed E-state index contributed by atoms with van der Waals surface area (Å²) >= 11 is 5.90. The second-order valence-electron chi connectivity index (χ2n) is 5.74. The van der Waals surface area contributed by atoms with Crippen molar-refractivity contribution in [2.24, 2.45) is 5.73 Å². The van der Waals surface area contributed by atoms with E-state index in [1.165, 1.54) is 5.56 Å². The quantitative estimate of drug-likeness (QED) is 0.877. The van der Waals surface area contributed by atoms with Crippen LogP contribution in [-0.2, 0) is 6.42 Å². The van der Waals surface area contributed by atoms with Gasteiger partial charge in [0.05, 0.1) is 6.04 Å². The summed E-state index contributed by atoms with van der Waals surface area (Å²) in [6, 6.07) is 8.03. The third kappa shape index (κ3) is 3.89. The van der Waals surface area contributed by atoms with Crippen molar-refractivity contribution < 1.29 is 9.32 Å². The SMILES string of the molecule is NC(=O)c1noc(C2CCCN2CCCc2ccc(Cl)cc2)n1. The molecule has 0 spiro atoms. The third-order valence-electron chi connectivity index (χ3n) is 4.13. The van der Waals surface area contributed by atoms with Crippen molar-refractivity contribution in [2.75, 3.05) is 13.1 Å². The highest BCUT2D eigenvalue weighted by Crippen LogP contribution is 2.30. The Kier molecular flexibility index (Phi) is 4.93. The van der Waals surface area contributed by atoms with E-state index < -0.39 is 5.91 Å². The molecule has 2 N–H and O–H groups in total. The topological polar surface area (TPSA) is 85.2 Å². The maximum absolute atomic E-state index is 11.1. The Morgan fingerprint density at radius 1 is 1.39 bits per heavy atom. The molecular formula is C16H19ClN4O2. The van der Waals surface area contributed by atoms with Gasteiger partial charge in [-0.2, -0.15) is 4.98 Å². The van der Waals surface area contributed by atoms with Crippen molar-refractivity contribution >= 4 is 17.5 Å². The van der Waals surface area contributed by atoms with Gasteiger partial charge in [0.15, 0.2) is 0 Å². The molecule has 122 valence electrons. The van der Waals surface area contributed by atoms with Gasteiger partial charge in [0, 0.05) is 5.02 Å². The number of benzene rings is 1. The molecular weight excluding hydrogens is 316 g/mol. The molecule has 1 aromatic carbocycles. The smallest absolute Gasteiger partial charge is 0.290 e. The summed E-state index contributed by atoms with van der Waals surface area (Å²) in [7, 11) is 0. The molecule has 1 aromatic heterocycles. The highest BCUT2D eigenvalue weighted by molar-refractivity contribution is 6.30. The van der Waals surface area contributed by atoms with E-state index in [9.17, 15) is 4.79 Å². The molecule has 1 saturated heterocycles. The first-order chi connectivity index (χ1) is 11.1. The van der Waals surface area contributed by atoms with Crippen LogP contribution in [-0.4, -0.2) is 34.0 Å². The summed E-state index contributed by atoms with van der Waals surface area (Å²) in [5, 5.41) is 4.39. The van der Waals surface area contributed by atoms with Crippen LogP contribution >= 0.6 is 11.6 Å². The Morgan fingerprint density at radius 2 is 2.17 bits per heavy atom. The minimum atomic E-state index is -0.660.